The van der Waals surface area contributed by atoms with Crippen LogP contribution in [-0.4, -0.2) is 9.13 Å². The lowest BCUT2D eigenvalue weighted by molar-refractivity contribution is 0.668. The normalized spacial score (nSPS) is 11.9. The molecule has 13 aromatic carbocycles. The van der Waals surface area contributed by atoms with Gasteiger partial charge in [0.25, 0.3) is 0 Å². The third-order valence-corrected chi connectivity index (χ3v) is 16.7. The largest absolute Gasteiger partial charge is 0.456 e. The minimum absolute atomic E-state index is 0.825. The molecule has 384 valence electrons. The zero-order chi connectivity index (χ0) is 53.8. The topological polar surface area (TPSA) is 42.6 Å². The molecule has 0 fully saturated rings. The Balaban J connectivity index is 0.737. The molecule has 0 spiro atoms. The summed E-state index contributed by atoms with van der Waals surface area (Å²) in [7, 11) is 0. The second-order valence-corrected chi connectivity index (χ2v) is 21.2. The van der Waals surface area contributed by atoms with E-state index in [-0.39, 0.29) is 0 Å². The van der Waals surface area contributed by atoms with Gasteiger partial charge in [0.1, 0.15) is 22.3 Å². The van der Waals surface area contributed by atoms with Crippen LogP contribution >= 0.6 is 0 Å². The minimum atomic E-state index is 0.825. The number of rotatable bonds is 9. The van der Waals surface area contributed by atoms with Gasteiger partial charge in [-0.25, -0.2) is 0 Å². The SMILES string of the molecule is c1ccc(N(c2ccc(-c3ccc4c(c3)c3ccccc3n4-c3ccccc3)cc2)c2ccc3c(c2)oc2ccc4c(ccc5oc6cc(N(c7ccccc7)c7ccc8c(c7)c7ccccc7n8-c7ccccc7)ccc6c54)c23)cc1. The molecule has 4 aromatic heterocycles. The maximum Gasteiger partial charge on any atom is 0.137 e. The first-order chi connectivity index (χ1) is 40.7. The van der Waals surface area contributed by atoms with Crippen molar-refractivity contribution in [2.75, 3.05) is 9.80 Å². The van der Waals surface area contributed by atoms with Crippen molar-refractivity contribution < 1.29 is 8.83 Å². The van der Waals surface area contributed by atoms with Crippen LogP contribution in [0.2, 0.25) is 0 Å². The summed E-state index contributed by atoms with van der Waals surface area (Å²) in [6, 6.07) is 104. The van der Waals surface area contributed by atoms with Gasteiger partial charge in [-0.05, 0) is 174 Å². The van der Waals surface area contributed by atoms with Crippen molar-refractivity contribution in [1.82, 2.24) is 9.13 Å². The van der Waals surface area contributed by atoms with Gasteiger partial charge < -0.3 is 27.8 Å². The van der Waals surface area contributed by atoms with Crippen molar-refractivity contribution >= 4 is 132 Å². The lowest BCUT2D eigenvalue weighted by Crippen LogP contribution is -2.09. The number of benzene rings is 13. The van der Waals surface area contributed by atoms with E-state index in [1.165, 1.54) is 43.7 Å². The molecule has 0 saturated carbocycles. The average molecular weight is 1050 g/mol. The molecule has 0 aliphatic heterocycles. The van der Waals surface area contributed by atoms with E-state index in [2.05, 4.69) is 310 Å². The Kier molecular flexibility index (Phi) is 10.2. The smallest absolute Gasteiger partial charge is 0.137 e. The molecule has 0 saturated heterocycles. The van der Waals surface area contributed by atoms with Gasteiger partial charge in [0.05, 0.1) is 22.1 Å². The Labute approximate surface area is 471 Å². The number of para-hydroxylation sites is 6. The molecule has 0 N–H and O–H groups in total. The van der Waals surface area contributed by atoms with Gasteiger partial charge in [0, 0.05) is 101 Å². The molecular weight excluding hydrogens is 1000 g/mol. The number of aromatic nitrogens is 2. The van der Waals surface area contributed by atoms with E-state index in [9.17, 15) is 0 Å². The fraction of sp³-hybridized carbons (Fsp3) is 0. The fourth-order valence-electron chi connectivity index (χ4n) is 13.0. The molecule has 0 amide bonds. The van der Waals surface area contributed by atoms with Crippen LogP contribution in [0.25, 0.3) is 121 Å². The molecule has 0 aliphatic carbocycles. The summed E-state index contributed by atoms with van der Waals surface area (Å²) in [5, 5.41) is 11.4. The van der Waals surface area contributed by atoms with Gasteiger partial charge in [-0.15, -0.1) is 0 Å². The molecule has 0 bridgehead atoms. The van der Waals surface area contributed by atoms with Crippen molar-refractivity contribution in [2.45, 2.75) is 0 Å². The van der Waals surface area contributed by atoms with Crippen LogP contribution in [0.5, 0.6) is 0 Å². The van der Waals surface area contributed by atoms with E-state index >= 15 is 0 Å². The van der Waals surface area contributed by atoms with E-state index < -0.39 is 0 Å². The van der Waals surface area contributed by atoms with Crippen LogP contribution in [0.1, 0.15) is 0 Å². The second kappa shape index (κ2) is 18.2. The minimum Gasteiger partial charge on any atom is -0.456 e. The van der Waals surface area contributed by atoms with Gasteiger partial charge in [-0.3, -0.25) is 0 Å². The molecule has 17 rings (SSSR count). The summed E-state index contributed by atoms with van der Waals surface area (Å²) in [6.07, 6.45) is 0. The first kappa shape index (κ1) is 45.9. The zero-order valence-electron chi connectivity index (χ0n) is 44.3. The highest BCUT2D eigenvalue weighted by atomic mass is 16.3. The van der Waals surface area contributed by atoms with Crippen LogP contribution in [-0.2, 0) is 0 Å². The van der Waals surface area contributed by atoms with E-state index in [1.54, 1.807) is 0 Å². The number of furan rings is 2. The third kappa shape index (κ3) is 7.15. The van der Waals surface area contributed by atoms with Crippen molar-refractivity contribution in [3.8, 4) is 22.5 Å². The first-order valence-electron chi connectivity index (χ1n) is 27.9. The van der Waals surface area contributed by atoms with Gasteiger partial charge in [-0.1, -0.05) is 127 Å². The van der Waals surface area contributed by atoms with Crippen LogP contribution in [0.4, 0.5) is 34.1 Å². The van der Waals surface area contributed by atoms with Crippen LogP contribution < -0.4 is 9.80 Å². The summed E-state index contributed by atoms with van der Waals surface area (Å²) in [5.41, 5.74) is 18.9. The quantitative estimate of drug-likeness (QED) is 0.144. The number of fused-ring (bicyclic) bond motifs is 15. The monoisotopic (exact) mass is 1050 g/mol. The molecule has 0 unspecified atom stereocenters. The van der Waals surface area contributed by atoms with Gasteiger partial charge in [-0.2, -0.15) is 0 Å². The number of nitrogens with zero attached hydrogens (tertiary/aromatic N) is 4. The van der Waals surface area contributed by atoms with Crippen LogP contribution in [0, 0.1) is 0 Å². The Morgan fingerprint density at radius 1 is 0.220 bits per heavy atom. The Hall–Kier alpha value is -11.1. The lowest BCUT2D eigenvalue weighted by Gasteiger charge is -2.25. The summed E-state index contributed by atoms with van der Waals surface area (Å²) in [4.78, 5) is 4.64. The predicted molar refractivity (Wildman–Crippen MR) is 342 cm³/mol. The van der Waals surface area contributed by atoms with Gasteiger partial charge >= 0.3 is 0 Å². The average Bonchev–Trinajstić information content (AvgIpc) is 4.43. The summed E-state index contributed by atoms with van der Waals surface area (Å²) < 4.78 is 18.4. The molecule has 17 aromatic rings. The second-order valence-electron chi connectivity index (χ2n) is 21.2. The maximum absolute atomic E-state index is 6.83. The van der Waals surface area contributed by atoms with Gasteiger partial charge in [0.2, 0.25) is 0 Å². The standard InChI is InChI=1S/C76H48N4O2/c1-5-17-51(18-6-1)77(55-32-29-49(30-33-55)50-31-41-69-65(45-50)59-25-13-15-27-67(59)79(69)53-21-9-3-10-22-53)57-34-37-63-73(47-57)81-71-43-39-62-61(75(63)71)40-44-72-76(62)64-38-35-58(48-74(64)82-72)78(52-19-7-2-8-20-52)56-36-42-70-66(46-56)60-26-14-16-28-68(60)80(70)54-23-11-4-12-24-54/h1-48H. The van der Waals surface area contributed by atoms with Crippen molar-refractivity contribution in [3.63, 3.8) is 0 Å². The van der Waals surface area contributed by atoms with Crippen molar-refractivity contribution in [3.05, 3.63) is 291 Å². The van der Waals surface area contributed by atoms with E-state index in [0.717, 1.165) is 111 Å². The predicted octanol–water partition coefficient (Wildman–Crippen LogP) is 21.4. The first-order valence-corrected chi connectivity index (χ1v) is 27.9. The molecule has 6 nitrogen and oxygen atoms in total. The van der Waals surface area contributed by atoms with Crippen LogP contribution in [0.15, 0.2) is 300 Å². The molecule has 0 atom stereocenters. The van der Waals surface area contributed by atoms with E-state index in [1.807, 2.05) is 0 Å². The Morgan fingerprint density at radius 3 is 1.11 bits per heavy atom. The molecule has 4 heterocycles. The molecule has 0 radical (unpaired) electrons. The zero-order valence-corrected chi connectivity index (χ0v) is 44.3. The molecule has 0 aliphatic rings. The van der Waals surface area contributed by atoms with Crippen molar-refractivity contribution in [2.24, 2.45) is 0 Å². The lowest BCUT2D eigenvalue weighted by atomic mass is 9.99. The van der Waals surface area contributed by atoms with E-state index in [4.69, 9.17) is 8.83 Å². The highest BCUT2D eigenvalue weighted by Crippen LogP contribution is 2.46. The maximum atomic E-state index is 6.83. The summed E-state index contributed by atoms with van der Waals surface area (Å²) >= 11 is 0. The highest BCUT2D eigenvalue weighted by Gasteiger charge is 2.23. The van der Waals surface area contributed by atoms with Crippen LogP contribution in [0.3, 0.4) is 0 Å². The third-order valence-electron chi connectivity index (χ3n) is 16.7. The number of hydrogen-bond donors (Lipinski definition) is 0. The fourth-order valence-corrected chi connectivity index (χ4v) is 13.0. The summed E-state index contributed by atoms with van der Waals surface area (Å²) in [5.74, 6) is 0. The number of anilines is 6. The highest BCUT2D eigenvalue weighted by molar-refractivity contribution is 6.28. The Bertz CT molecular complexity index is 5330. The summed E-state index contributed by atoms with van der Waals surface area (Å²) in [6.45, 7) is 0. The molecule has 82 heavy (non-hydrogen) atoms. The number of hydrogen-bond acceptors (Lipinski definition) is 4. The molecule has 6 heteroatoms. The molecular formula is C76H48N4O2. The van der Waals surface area contributed by atoms with Crippen molar-refractivity contribution in [1.29, 1.82) is 0 Å². The van der Waals surface area contributed by atoms with E-state index in [0.29, 0.717) is 0 Å². The van der Waals surface area contributed by atoms with Gasteiger partial charge in [0.15, 0.2) is 0 Å². The Morgan fingerprint density at radius 2 is 0.585 bits per heavy atom.